The number of likely N-dealkylation sites (tertiary alicyclic amines) is 1. The molecular weight excluding hydrogens is 336 g/mol. The van der Waals surface area contributed by atoms with Crippen LogP contribution in [0, 0.1) is 11.8 Å². The van der Waals surface area contributed by atoms with Crippen molar-refractivity contribution in [1.29, 1.82) is 0 Å². The van der Waals surface area contributed by atoms with Gasteiger partial charge in [0.05, 0.1) is 5.92 Å². The molecule has 2 amide bonds. The Labute approximate surface area is 154 Å². The summed E-state index contributed by atoms with van der Waals surface area (Å²) in [4.78, 5) is 26.9. The first-order chi connectivity index (χ1) is 12.2. The van der Waals surface area contributed by atoms with Crippen molar-refractivity contribution in [2.75, 3.05) is 26.2 Å². The molecular formula is C18H30N4O2S. The third-order valence-corrected chi connectivity index (χ3v) is 7.54. The van der Waals surface area contributed by atoms with E-state index < -0.39 is 0 Å². The van der Waals surface area contributed by atoms with Crippen molar-refractivity contribution < 1.29 is 9.59 Å². The Hall–Kier alpha value is -0.790. The van der Waals surface area contributed by atoms with E-state index in [0.29, 0.717) is 30.2 Å². The minimum Gasteiger partial charge on any atom is -0.342 e. The van der Waals surface area contributed by atoms with Crippen LogP contribution >= 0.6 is 11.8 Å². The van der Waals surface area contributed by atoms with Gasteiger partial charge in [0.15, 0.2) is 0 Å². The zero-order valence-corrected chi connectivity index (χ0v) is 15.7. The van der Waals surface area contributed by atoms with Crippen LogP contribution in [0.15, 0.2) is 0 Å². The maximum absolute atomic E-state index is 12.6. The van der Waals surface area contributed by atoms with Gasteiger partial charge in [0, 0.05) is 37.3 Å². The van der Waals surface area contributed by atoms with E-state index in [4.69, 9.17) is 0 Å². The number of fused-ring (bicyclic) bond motifs is 1. The van der Waals surface area contributed by atoms with Gasteiger partial charge in [0.25, 0.3) is 0 Å². The van der Waals surface area contributed by atoms with Crippen LogP contribution in [0.3, 0.4) is 0 Å². The van der Waals surface area contributed by atoms with E-state index in [2.05, 4.69) is 16.0 Å². The number of rotatable bonds is 4. The Balaban J connectivity index is 1.26. The third-order valence-electron chi connectivity index (χ3n) is 6.16. The molecule has 4 atom stereocenters. The van der Waals surface area contributed by atoms with Crippen LogP contribution in [0.25, 0.3) is 0 Å². The number of hydrogen-bond donors (Lipinski definition) is 3. The second kappa shape index (κ2) is 7.84. The van der Waals surface area contributed by atoms with Gasteiger partial charge in [-0.2, -0.15) is 0 Å². The SMILES string of the molecule is O=C(NC1NC2CCNCC2S1)[C@@H]1CC(=O)N(CC2CCCCC2)C1. The summed E-state index contributed by atoms with van der Waals surface area (Å²) >= 11 is 1.81. The molecule has 3 unspecified atom stereocenters. The lowest BCUT2D eigenvalue weighted by molar-refractivity contribution is -0.129. The summed E-state index contributed by atoms with van der Waals surface area (Å²) < 4.78 is 0. The summed E-state index contributed by atoms with van der Waals surface area (Å²) in [7, 11) is 0. The summed E-state index contributed by atoms with van der Waals surface area (Å²) in [6.07, 6.45) is 7.88. The van der Waals surface area contributed by atoms with Crippen LogP contribution in [0.4, 0.5) is 0 Å². The van der Waals surface area contributed by atoms with Crippen LogP contribution in [0.5, 0.6) is 0 Å². The second-order valence-electron chi connectivity index (χ2n) is 8.03. The Morgan fingerprint density at radius 3 is 2.88 bits per heavy atom. The maximum atomic E-state index is 12.6. The molecule has 3 N–H and O–H groups in total. The van der Waals surface area contributed by atoms with E-state index in [1.165, 1.54) is 32.1 Å². The molecule has 0 aromatic rings. The van der Waals surface area contributed by atoms with Gasteiger partial charge in [-0.3, -0.25) is 14.9 Å². The Morgan fingerprint density at radius 1 is 1.24 bits per heavy atom. The molecule has 3 heterocycles. The highest BCUT2D eigenvalue weighted by atomic mass is 32.2. The summed E-state index contributed by atoms with van der Waals surface area (Å²) in [6, 6.07) is 0.490. The van der Waals surface area contributed by atoms with Gasteiger partial charge in [-0.05, 0) is 31.7 Å². The van der Waals surface area contributed by atoms with Gasteiger partial charge in [-0.15, -0.1) is 11.8 Å². The van der Waals surface area contributed by atoms with E-state index in [-0.39, 0.29) is 23.2 Å². The number of hydrogen-bond acceptors (Lipinski definition) is 5. The lowest BCUT2D eigenvalue weighted by Crippen LogP contribution is -2.48. The second-order valence-corrected chi connectivity index (χ2v) is 9.38. The molecule has 140 valence electrons. The van der Waals surface area contributed by atoms with Gasteiger partial charge >= 0.3 is 0 Å². The predicted molar refractivity (Wildman–Crippen MR) is 99.0 cm³/mol. The molecule has 25 heavy (non-hydrogen) atoms. The van der Waals surface area contributed by atoms with Crippen LogP contribution in [0.2, 0.25) is 0 Å². The van der Waals surface area contributed by atoms with Crippen LogP contribution < -0.4 is 16.0 Å². The highest BCUT2D eigenvalue weighted by molar-refractivity contribution is 8.00. The van der Waals surface area contributed by atoms with Crippen molar-refractivity contribution in [3.05, 3.63) is 0 Å². The molecule has 3 aliphatic heterocycles. The first-order valence-electron chi connectivity index (χ1n) is 9.89. The summed E-state index contributed by atoms with van der Waals surface area (Å²) in [5.74, 6) is 0.660. The van der Waals surface area contributed by atoms with Crippen LogP contribution in [-0.2, 0) is 9.59 Å². The lowest BCUT2D eigenvalue weighted by atomic mass is 9.89. The van der Waals surface area contributed by atoms with Crippen molar-refractivity contribution in [3.8, 4) is 0 Å². The molecule has 1 aliphatic carbocycles. The number of nitrogens with zero attached hydrogens (tertiary/aromatic N) is 1. The highest BCUT2D eigenvalue weighted by Crippen LogP contribution is 2.30. The average Bonchev–Trinajstić information content (AvgIpc) is 3.19. The van der Waals surface area contributed by atoms with E-state index >= 15 is 0 Å². The highest BCUT2D eigenvalue weighted by Gasteiger charge is 2.40. The quantitative estimate of drug-likeness (QED) is 0.689. The van der Waals surface area contributed by atoms with E-state index in [9.17, 15) is 9.59 Å². The number of thioether (sulfide) groups is 1. The Kier molecular flexibility index (Phi) is 5.53. The minimum atomic E-state index is -0.181. The topological polar surface area (TPSA) is 73.5 Å². The minimum absolute atomic E-state index is 0.00936. The average molecular weight is 367 g/mol. The van der Waals surface area contributed by atoms with Gasteiger partial charge in [0.2, 0.25) is 11.8 Å². The lowest BCUT2D eigenvalue weighted by Gasteiger charge is -2.27. The summed E-state index contributed by atoms with van der Waals surface area (Å²) in [6.45, 7) is 3.51. The number of carbonyl (C=O) groups is 2. The van der Waals surface area contributed by atoms with Gasteiger partial charge in [-0.1, -0.05) is 19.3 Å². The largest absolute Gasteiger partial charge is 0.342 e. The van der Waals surface area contributed by atoms with E-state index in [0.717, 1.165) is 26.1 Å². The molecule has 4 rings (SSSR count). The van der Waals surface area contributed by atoms with E-state index in [1.54, 1.807) is 0 Å². The molecule has 7 heteroatoms. The summed E-state index contributed by atoms with van der Waals surface area (Å²) in [5, 5.41) is 10.6. The third kappa shape index (κ3) is 4.14. The fraction of sp³-hybridized carbons (Fsp3) is 0.889. The fourth-order valence-electron chi connectivity index (χ4n) is 4.70. The number of amides is 2. The molecule has 0 radical (unpaired) electrons. The maximum Gasteiger partial charge on any atom is 0.227 e. The summed E-state index contributed by atoms with van der Waals surface area (Å²) in [5.41, 5.74) is -0.00936. The van der Waals surface area contributed by atoms with Crippen LogP contribution in [0.1, 0.15) is 44.9 Å². The fourth-order valence-corrected chi connectivity index (χ4v) is 6.11. The van der Waals surface area contributed by atoms with Gasteiger partial charge in [0.1, 0.15) is 5.50 Å². The number of nitrogens with one attached hydrogen (secondary N) is 3. The molecule has 4 fully saturated rings. The predicted octanol–water partition coefficient (Wildman–Crippen LogP) is 0.882. The zero-order valence-electron chi connectivity index (χ0n) is 14.8. The first-order valence-corrected chi connectivity index (χ1v) is 10.8. The smallest absolute Gasteiger partial charge is 0.227 e. The Morgan fingerprint density at radius 2 is 2.08 bits per heavy atom. The van der Waals surface area contributed by atoms with Crippen LogP contribution in [-0.4, -0.2) is 59.7 Å². The molecule has 0 aromatic heterocycles. The van der Waals surface area contributed by atoms with Gasteiger partial charge in [-0.25, -0.2) is 0 Å². The molecule has 4 aliphatic rings. The molecule has 1 saturated carbocycles. The number of piperidine rings is 1. The van der Waals surface area contributed by atoms with Crippen molar-refractivity contribution in [2.45, 2.75) is 61.7 Å². The molecule has 3 saturated heterocycles. The van der Waals surface area contributed by atoms with Gasteiger partial charge < -0.3 is 15.5 Å². The van der Waals surface area contributed by atoms with Crippen molar-refractivity contribution >= 4 is 23.6 Å². The first kappa shape index (κ1) is 17.6. The molecule has 0 aromatic carbocycles. The van der Waals surface area contributed by atoms with Crippen molar-refractivity contribution in [3.63, 3.8) is 0 Å². The van der Waals surface area contributed by atoms with Crippen molar-refractivity contribution in [2.24, 2.45) is 11.8 Å². The Bertz CT molecular complexity index is 497. The normalized spacial score (nSPS) is 36.5. The molecule has 0 spiro atoms. The molecule has 0 bridgehead atoms. The zero-order chi connectivity index (χ0) is 17.2. The number of carbonyl (C=O) groups excluding carboxylic acids is 2. The van der Waals surface area contributed by atoms with Crippen molar-refractivity contribution in [1.82, 2.24) is 20.9 Å². The molecule has 6 nitrogen and oxygen atoms in total. The monoisotopic (exact) mass is 366 g/mol. The van der Waals surface area contributed by atoms with E-state index in [1.807, 2.05) is 16.7 Å². The standard InChI is InChI=1S/C18H30N4O2S/c23-16-8-13(11-22(16)10-12-4-2-1-3-5-12)17(24)21-18-20-14-6-7-19-9-15(14)25-18/h12-15,18-20H,1-11H2,(H,21,24)/t13-,14?,15?,18?/m1/s1.